The molecule has 0 atom stereocenters. The van der Waals surface area contributed by atoms with Crippen LogP contribution in [0.4, 0.5) is 0 Å². The van der Waals surface area contributed by atoms with Crippen LogP contribution in [0.15, 0.2) is 12.3 Å². The van der Waals surface area contributed by atoms with Gasteiger partial charge in [-0.05, 0) is 30.4 Å². The molecule has 0 saturated heterocycles. The molecule has 2 N–H and O–H groups in total. The molecule has 0 amide bonds. The predicted octanol–water partition coefficient (Wildman–Crippen LogP) is 2.60. The first kappa shape index (κ1) is 11.4. The number of nitrogens with two attached hydrogens (primary N) is 1. The van der Waals surface area contributed by atoms with Gasteiger partial charge in [0, 0.05) is 18.3 Å². The molecule has 2 rings (SSSR count). The SMILES string of the molecule is COc1ncc(CN)cc1C1CCCCC1. The number of methoxy groups -OCH3 is 1. The molecule has 0 aromatic carbocycles. The summed E-state index contributed by atoms with van der Waals surface area (Å²) in [6.45, 7) is 0.552. The minimum absolute atomic E-state index is 0.552. The first-order valence-corrected chi connectivity index (χ1v) is 6.08. The van der Waals surface area contributed by atoms with Crippen molar-refractivity contribution in [1.29, 1.82) is 0 Å². The lowest BCUT2D eigenvalue weighted by molar-refractivity contribution is 0.373. The molecule has 1 saturated carbocycles. The molecule has 1 heterocycles. The summed E-state index contributed by atoms with van der Waals surface area (Å²) in [5.74, 6) is 1.40. The minimum atomic E-state index is 0.552. The maximum absolute atomic E-state index is 5.66. The van der Waals surface area contributed by atoms with Crippen LogP contribution in [0.1, 0.15) is 49.1 Å². The number of hydrogen-bond acceptors (Lipinski definition) is 3. The Kier molecular flexibility index (Phi) is 3.78. The van der Waals surface area contributed by atoms with Crippen LogP contribution in [0, 0.1) is 0 Å². The number of hydrogen-bond donors (Lipinski definition) is 1. The van der Waals surface area contributed by atoms with Crippen molar-refractivity contribution in [3.63, 3.8) is 0 Å². The predicted molar refractivity (Wildman–Crippen MR) is 64.5 cm³/mol. The van der Waals surface area contributed by atoms with E-state index in [0.717, 1.165) is 11.4 Å². The van der Waals surface area contributed by atoms with Gasteiger partial charge < -0.3 is 10.5 Å². The Balaban J connectivity index is 2.27. The van der Waals surface area contributed by atoms with Gasteiger partial charge in [-0.1, -0.05) is 19.3 Å². The maximum Gasteiger partial charge on any atom is 0.216 e. The van der Waals surface area contributed by atoms with Gasteiger partial charge in [0.25, 0.3) is 0 Å². The lowest BCUT2D eigenvalue weighted by Crippen LogP contribution is -2.09. The van der Waals surface area contributed by atoms with Crippen LogP contribution in [0.25, 0.3) is 0 Å². The van der Waals surface area contributed by atoms with Crippen molar-refractivity contribution in [2.45, 2.75) is 44.6 Å². The quantitative estimate of drug-likeness (QED) is 0.851. The van der Waals surface area contributed by atoms with Crippen molar-refractivity contribution in [2.75, 3.05) is 7.11 Å². The largest absolute Gasteiger partial charge is 0.481 e. The first-order valence-electron chi connectivity index (χ1n) is 6.08. The molecule has 0 bridgehead atoms. The minimum Gasteiger partial charge on any atom is -0.481 e. The third-order valence-corrected chi connectivity index (χ3v) is 3.41. The standard InChI is InChI=1S/C13H20N2O/c1-16-13-12(7-10(8-14)9-15-13)11-5-3-2-4-6-11/h7,9,11H,2-6,8,14H2,1H3. The van der Waals surface area contributed by atoms with E-state index in [4.69, 9.17) is 10.5 Å². The fourth-order valence-electron chi connectivity index (χ4n) is 2.50. The van der Waals surface area contributed by atoms with Crippen LogP contribution in [0.5, 0.6) is 5.88 Å². The zero-order valence-electron chi connectivity index (χ0n) is 9.91. The molecule has 88 valence electrons. The Labute approximate surface area is 97.0 Å². The van der Waals surface area contributed by atoms with E-state index in [2.05, 4.69) is 11.1 Å². The number of ether oxygens (including phenoxy) is 1. The maximum atomic E-state index is 5.66. The molecule has 1 aromatic heterocycles. The van der Waals surface area contributed by atoms with Gasteiger partial charge in [0.05, 0.1) is 7.11 Å². The Morgan fingerprint density at radius 2 is 2.12 bits per heavy atom. The zero-order valence-corrected chi connectivity index (χ0v) is 9.91. The van der Waals surface area contributed by atoms with E-state index in [1.807, 2.05) is 6.20 Å². The molecule has 16 heavy (non-hydrogen) atoms. The third kappa shape index (κ3) is 2.35. The van der Waals surface area contributed by atoms with E-state index in [1.54, 1.807) is 7.11 Å². The van der Waals surface area contributed by atoms with Crippen LogP contribution in [-0.4, -0.2) is 12.1 Å². The number of pyridine rings is 1. The van der Waals surface area contributed by atoms with Gasteiger partial charge in [0.1, 0.15) is 0 Å². The Bertz CT molecular complexity index is 346. The average molecular weight is 220 g/mol. The highest BCUT2D eigenvalue weighted by molar-refractivity contribution is 5.33. The van der Waals surface area contributed by atoms with Crippen molar-refractivity contribution in [3.05, 3.63) is 23.4 Å². The molecule has 1 fully saturated rings. The summed E-state index contributed by atoms with van der Waals surface area (Å²) in [5.41, 5.74) is 8.01. The van der Waals surface area contributed by atoms with Crippen LogP contribution >= 0.6 is 0 Å². The van der Waals surface area contributed by atoms with Gasteiger partial charge in [-0.25, -0.2) is 4.98 Å². The Morgan fingerprint density at radius 3 is 2.75 bits per heavy atom. The second-order valence-corrected chi connectivity index (χ2v) is 4.48. The fourth-order valence-corrected chi connectivity index (χ4v) is 2.50. The van der Waals surface area contributed by atoms with E-state index in [9.17, 15) is 0 Å². The van der Waals surface area contributed by atoms with E-state index >= 15 is 0 Å². The molecule has 3 nitrogen and oxygen atoms in total. The smallest absolute Gasteiger partial charge is 0.216 e. The second kappa shape index (κ2) is 5.30. The molecule has 0 radical (unpaired) electrons. The molecule has 0 spiro atoms. The first-order chi connectivity index (χ1) is 7.85. The van der Waals surface area contributed by atoms with Crippen LogP contribution < -0.4 is 10.5 Å². The summed E-state index contributed by atoms with van der Waals surface area (Å²) >= 11 is 0. The summed E-state index contributed by atoms with van der Waals surface area (Å²) in [7, 11) is 1.69. The van der Waals surface area contributed by atoms with Gasteiger partial charge >= 0.3 is 0 Å². The van der Waals surface area contributed by atoms with Gasteiger partial charge in [-0.3, -0.25) is 0 Å². The molecular weight excluding hydrogens is 200 g/mol. The summed E-state index contributed by atoms with van der Waals surface area (Å²) < 4.78 is 5.35. The van der Waals surface area contributed by atoms with E-state index in [0.29, 0.717) is 12.5 Å². The van der Waals surface area contributed by atoms with Crippen molar-refractivity contribution in [3.8, 4) is 5.88 Å². The van der Waals surface area contributed by atoms with Gasteiger partial charge in [-0.15, -0.1) is 0 Å². The molecule has 1 aromatic rings. The van der Waals surface area contributed by atoms with Gasteiger partial charge in [0.2, 0.25) is 5.88 Å². The van der Waals surface area contributed by atoms with Crippen LogP contribution in [0.3, 0.4) is 0 Å². The number of nitrogens with zero attached hydrogens (tertiary/aromatic N) is 1. The normalized spacial score (nSPS) is 17.4. The summed E-state index contributed by atoms with van der Waals surface area (Å²) in [5, 5.41) is 0. The molecule has 1 aliphatic carbocycles. The average Bonchev–Trinajstić information content (AvgIpc) is 2.39. The summed E-state index contributed by atoms with van der Waals surface area (Å²) in [6, 6.07) is 2.17. The zero-order chi connectivity index (χ0) is 11.4. The Hall–Kier alpha value is -1.09. The molecule has 0 aliphatic heterocycles. The fraction of sp³-hybridized carbons (Fsp3) is 0.615. The van der Waals surface area contributed by atoms with Crippen molar-refractivity contribution in [2.24, 2.45) is 5.73 Å². The lowest BCUT2D eigenvalue weighted by Gasteiger charge is -2.23. The Morgan fingerprint density at radius 1 is 1.38 bits per heavy atom. The summed E-state index contributed by atoms with van der Waals surface area (Å²) in [4.78, 5) is 4.34. The van der Waals surface area contributed by atoms with E-state index in [-0.39, 0.29) is 0 Å². The van der Waals surface area contributed by atoms with Crippen LogP contribution in [0.2, 0.25) is 0 Å². The lowest BCUT2D eigenvalue weighted by atomic mass is 9.84. The van der Waals surface area contributed by atoms with E-state index in [1.165, 1.54) is 37.7 Å². The topological polar surface area (TPSA) is 48.1 Å². The van der Waals surface area contributed by atoms with Crippen molar-refractivity contribution < 1.29 is 4.74 Å². The van der Waals surface area contributed by atoms with Crippen molar-refractivity contribution in [1.82, 2.24) is 4.98 Å². The number of aromatic nitrogens is 1. The monoisotopic (exact) mass is 220 g/mol. The molecular formula is C13H20N2O. The van der Waals surface area contributed by atoms with Gasteiger partial charge in [0.15, 0.2) is 0 Å². The highest BCUT2D eigenvalue weighted by Gasteiger charge is 2.20. The van der Waals surface area contributed by atoms with Gasteiger partial charge in [-0.2, -0.15) is 0 Å². The van der Waals surface area contributed by atoms with E-state index < -0.39 is 0 Å². The third-order valence-electron chi connectivity index (χ3n) is 3.41. The highest BCUT2D eigenvalue weighted by Crippen LogP contribution is 2.36. The molecule has 1 aliphatic rings. The summed E-state index contributed by atoms with van der Waals surface area (Å²) in [6.07, 6.45) is 8.33. The highest BCUT2D eigenvalue weighted by atomic mass is 16.5. The molecule has 3 heteroatoms. The van der Waals surface area contributed by atoms with Crippen molar-refractivity contribution >= 4 is 0 Å². The number of rotatable bonds is 3. The second-order valence-electron chi connectivity index (χ2n) is 4.48. The molecule has 0 unspecified atom stereocenters. The van der Waals surface area contributed by atoms with Crippen LogP contribution in [-0.2, 0) is 6.54 Å².